The first-order valence-corrected chi connectivity index (χ1v) is 8.18. The first-order valence-electron chi connectivity index (χ1n) is 6.68. The molecule has 0 spiro atoms. The van der Waals surface area contributed by atoms with Gasteiger partial charge in [0.1, 0.15) is 0 Å². The number of hydrogen-bond acceptors (Lipinski definition) is 3. The lowest BCUT2D eigenvalue weighted by molar-refractivity contribution is -0.0507. The van der Waals surface area contributed by atoms with Crippen molar-refractivity contribution < 1.29 is 4.74 Å². The monoisotopic (exact) mass is 349 g/mol. The second kappa shape index (κ2) is 6.57. The van der Waals surface area contributed by atoms with E-state index in [1.807, 2.05) is 11.7 Å². The van der Waals surface area contributed by atoms with Gasteiger partial charge in [-0.25, -0.2) is 0 Å². The molecule has 108 valence electrons. The van der Waals surface area contributed by atoms with E-state index in [0.29, 0.717) is 6.04 Å². The number of aryl methyl sites for hydroxylation is 2. The molecule has 2 unspecified atom stereocenters. The highest BCUT2D eigenvalue weighted by molar-refractivity contribution is 9.09. The molecule has 0 bridgehead atoms. The van der Waals surface area contributed by atoms with Gasteiger partial charge in [0, 0.05) is 31.5 Å². The van der Waals surface area contributed by atoms with Gasteiger partial charge in [-0.2, -0.15) is 5.10 Å². The summed E-state index contributed by atoms with van der Waals surface area (Å²) in [7, 11) is 1.97. The number of ether oxygens (including phenoxy) is 1. The summed E-state index contributed by atoms with van der Waals surface area (Å²) in [5, 5.41) is 6.17. The van der Waals surface area contributed by atoms with E-state index < -0.39 is 0 Å². The van der Waals surface area contributed by atoms with Gasteiger partial charge in [0.2, 0.25) is 0 Å². The highest BCUT2D eigenvalue weighted by Crippen LogP contribution is 2.24. The summed E-state index contributed by atoms with van der Waals surface area (Å²) in [4.78, 5) is 2.41. The summed E-state index contributed by atoms with van der Waals surface area (Å²) in [6, 6.07) is 0.409. The van der Waals surface area contributed by atoms with Crippen molar-refractivity contribution in [1.29, 1.82) is 0 Å². The molecule has 2 rings (SSSR count). The molecular formula is C13H21BrClN3O. The maximum Gasteiger partial charge on any atom is 0.0863 e. The molecule has 0 aliphatic carbocycles. The minimum atomic E-state index is 0.258. The van der Waals surface area contributed by atoms with Crippen LogP contribution in [0.5, 0.6) is 0 Å². The highest BCUT2D eigenvalue weighted by atomic mass is 79.9. The Labute approximate surface area is 128 Å². The van der Waals surface area contributed by atoms with Crippen LogP contribution in [0, 0.1) is 0 Å². The molecule has 1 aliphatic rings. The summed E-state index contributed by atoms with van der Waals surface area (Å²) in [6.45, 7) is 6.80. The zero-order valence-electron chi connectivity index (χ0n) is 11.7. The van der Waals surface area contributed by atoms with Crippen molar-refractivity contribution in [1.82, 2.24) is 14.7 Å². The molecule has 1 saturated heterocycles. The molecule has 0 saturated carbocycles. The van der Waals surface area contributed by atoms with E-state index in [4.69, 9.17) is 16.3 Å². The quantitative estimate of drug-likeness (QED) is 0.782. The van der Waals surface area contributed by atoms with E-state index in [-0.39, 0.29) is 6.10 Å². The van der Waals surface area contributed by atoms with Crippen LogP contribution in [0.15, 0.2) is 0 Å². The van der Waals surface area contributed by atoms with Crippen LogP contribution in [-0.2, 0) is 24.8 Å². The molecule has 19 heavy (non-hydrogen) atoms. The lowest BCUT2D eigenvalue weighted by atomic mass is 10.2. The van der Waals surface area contributed by atoms with Gasteiger partial charge in [-0.1, -0.05) is 34.5 Å². The Morgan fingerprint density at radius 2 is 2.26 bits per heavy atom. The number of rotatable bonds is 4. The molecule has 2 heterocycles. The standard InChI is InChI=1S/C13H21BrClN3O/c1-4-11-13(15)12(17(3)16-11)7-18-6-10(5-14)19-8-9(18)2/h9-10H,4-8H2,1-3H3. The van der Waals surface area contributed by atoms with Crippen molar-refractivity contribution in [3.63, 3.8) is 0 Å². The fourth-order valence-electron chi connectivity index (χ4n) is 2.37. The fourth-order valence-corrected chi connectivity index (χ4v) is 3.12. The van der Waals surface area contributed by atoms with Crippen LogP contribution < -0.4 is 0 Å². The van der Waals surface area contributed by atoms with E-state index in [0.717, 1.165) is 47.9 Å². The summed E-state index contributed by atoms with van der Waals surface area (Å²) in [6.07, 6.45) is 1.13. The lowest BCUT2D eigenvalue weighted by Gasteiger charge is -2.37. The first-order chi connectivity index (χ1) is 9.06. The van der Waals surface area contributed by atoms with Crippen molar-refractivity contribution in [2.75, 3.05) is 18.5 Å². The third kappa shape index (κ3) is 3.32. The van der Waals surface area contributed by atoms with Crippen LogP contribution in [0.25, 0.3) is 0 Å². The van der Waals surface area contributed by atoms with Crippen LogP contribution >= 0.6 is 27.5 Å². The van der Waals surface area contributed by atoms with Gasteiger partial charge in [0.15, 0.2) is 0 Å². The predicted octanol–water partition coefficient (Wildman–Crippen LogP) is 2.62. The molecule has 2 atom stereocenters. The Bertz CT molecular complexity index is 438. The summed E-state index contributed by atoms with van der Waals surface area (Å²) in [5.41, 5.74) is 2.08. The van der Waals surface area contributed by atoms with Crippen molar-refractivity contribution in [2.24, 2.45) is 7.05 Å². The molecule has 0 N–H and O–H groups in total. The normalized spacial score (nSPS) is 24.9. The Balaban J connectivity index is 2.13. The van der Waals surface area contributed by atoms with Crippen LogP contribution in [0.2, 0.25) is 5.02 Å². The second-order valence-electron chi connectivity index (χ2n) is 5.07. The molecule has 0 aromatic carbocycles. The number of nitrogens with zero attached hydrogens (tertiary/aromatic N) is 3. The molecule has 0 amide bonds. The molecular weight excluding hydrogens is 330 g/mol. The first kappa shape index (κ1) is 15.3. The number of alkyl halides is 1. The molecule has 1 fully saturated rings. The van der Waals surface area contributed by atoms with Crippen molar-refractivity contribution >= 4 is 27.5 Å². The molecule has 1 aromatic rings. The number of hydrogen-bond donors (Lipinski definition) is 0. The van der Waals surface area contributed by atoms with E-state index >= 15 is 0 Å². The fraction of sp³-hybridized carbons (Fsp3) is 0.769. The van der Waals surface area contributed by atoms with Crippen LogP contribution in [-0.4, -0.2) is 45.3 Å². The van der Waals surface area contributed by atoms with Crippen molar-refractivity contribution in [3.05, 3.63) is 16.4 Å². The van der Waals surface area contributed by atoms with Gasteiger partial charge >= 0.3 is 0 Å². The highest BCUT2D eigenvalue weighted by Gasteiger charge is 2.27. The van der Waals surface area contributed by atoms with Gasteiger partial charge in [-0.05, 0) is 13.3 Å². The summed E-state index contributed by atoms with van der Waals surface area (Å²) < 4.78 is 7.66. The summed E-state index contributed by atoms with van der Waals surface area (Å²) in [5.74, 6) is 0. The SMILES string of the molecule is CCc1nn(C)c(CN2CC(CBr)OCC2C)c1Cl. The topological polar surface area (TPSA) is 30.3 Å². The maximum atomic E-state index is 6.42. The van der Waals surface area contributed by atoms with Gasteiger partial charge in [-0.15, -0.1) is 0 Å². The summed E-state index contributed by atoms with van der Waals surface area (Å²) >= 11 is 9.91. The number of halogens is 2. The molecule has 0 radical (unpaired) electrons. The second-order valence-corrected chi connectivity index (χ2v) is 6.10. The van der Waals surface area contributed by atoms with Gasteiger partial charge in [0.25, 0.3) is 0 Å². The Kier molecular flexibility index (Phi) is 5.29. The van der Waals surface area contributed by atoms with E-state index in [1.165, 1.54) is 0 Å². The third-order valence-corrected chi connectivity index (χ3v) is 4.82. The van der Waals surface area contributed by atoms with Crippen LogP contribution in [0.3, 0.4) is 0 Å². The maximum absolute atomic E-state index is 6.42. The zero-order chi connectivity index (χ0) is 14.0. The molecule has 1 aliphatic heterocycles. The minimum Gasteiger partial charge on any atom is -0.374 e. The molecule has 4 nitrogen and oxygen atoms in total. The Hall–Kier alpha value is -0.100. The molecule has 6 heteroatoms. The van der Waals surface area contributed by atoms with E-state index in [9.17, 15) is 0 Å². The van der Waals surface area contributed by atoms with Crippen molar-refractivity contribution in [3.8, 4) is 0 Å². The average molecular weight is 351 g/mol. The largest absolute Gasteiger partial charge is 0.374 e. The number of aromatic nitrogens is 2. The third-order valence-electron chi connectivity index (χ3n) is 3.66. The lowest BCUT2D eigenvalue weighted by Crippen LogP contribution is -2.48. The van der Waals surface area contributed by atoms with Gasteiger partial charge in [0.05, 0.1) is 29.1 Å². The number of morpholine rings is 1. The van der Waals surface area contributed by atoms with Crippen molar-refractivity contribution in [2.45, 2.75) is 39.0 Å². The molecule has 1 aromatic heterocycles. The Morgan fingerprint density at radius 3 is 2.84 bits per heavy atom. The van der Waals surface area contributed by atoms with Crippen LogP contribution in [0.4, 0.5) is 0 Å². The smallest absolute Gasteiger partial charge is 0.0863 e. The van der Waals surface area contributed by atoms with Gasteiger partial charge in [-0.3, -0.25) is 9.58 Å². The Morgan fingerprint density at radius 1 is 1.53 bits per heavy atom. The zero-order valence-corrected chi connectivity index (χ0v) is 14.0. The van der Waals surface area contributed by atoms with E-state index in [2.05, 4.69) is 39.8 Å². The van der Waals surface area contributed by atoms with E-state index in [1.54, 1.807) is 0 Å². The average Bonchev–Trinajstić information content (AvgIpc) is 2.68. The van der Waals surface area contributed by atoms with Gasteiger partial charge < -0.3 is 4.74 Å². The van der Waals surface area contributed by atoms with Crippen LogP contribution in [0.1, 0.15) is 25.2 Å². The minimum absolute atomic E-state index is 0.258. The predicted molar refractivity (Wildman–Crippen MR) is 81.0 cm³/mol.